The van der Waals surface area contributed by atoms with Gasteiger partial charge in [-0.15, -0.1) is 0 Å². The second-order valence-electron chi connectivity index (χ2n) is 2.78. The van der Waals surface area contributed by atoms with Gasteiger partial charge in [0.05, 0.1) is 5.69 Å². The van der Waals surface area contributed by atoms with Crippen molar-refractivity contribution in [3.05, 3.63) is 35.0 Å². The van der Waals surface area contributed by atoms with Crippen LogP contribution in [0.3, 0.4) is 0 Å². The van der Waals surface area contributed by atoms with Crippen LogP contribution in [0.25, 0.3) is 12.2 Å². The summed E-state index contributed by atoms with van der Waals surface area (Å²) in [4.78, 5) is 10.6. The van der Waals surface area contributed by atoms with Crippen LogP contribution in [-0.2, 0) is 7.05 Å². The zero-order chi connectivity index (χ0) is 9.84. The molecule has 0 atom stereocenters. The fraction of sp³-hybridized carbons (Fsp3) is 0.182. The Morgan fingerprint density at radius 2 is 2.23 bits per heavy atom. The average Bonchev–Trinajstić information content (AvgIpc) is 2.45. The van der Waals surface area contributed by atoms with E-state index < -0.39 is 0 Å². The maximum atomic E-state index is 10.6. The van der Waals surface area contributed by atoms with Crippen molar-refractivity contribution in [1.82, 2.24) is 4.57 Å². The topological polar surface area (TPSA) is 22.0 Å². The summed E-state index contributed by atoms with van der Waals surface area (Å²) in [6, 6.07) is 1.86. The first-order chi connectivity index (χ1) is 6.24. The molecule has 0 bridgehead atoms. The molecule has 68 valence electrons. The molecular formula is C11H13NO. The van der Waals surface area contributed by atoms with Crippen LogP contribution in [0, 0.1) is 0 Å². The summed E-state index contributed by atoms with van der Waals surface area (Å²) in [5.41, 5.74) is 0.682. The van der Waals surface area contributed by atoms with Gasteiger partial charge in [0.2, 0.25) is 0 Å². The largest absolute Gasteiger partial charge is 0.341 e. The minimum absolute atomic E-state index is 0.682. The predicted molar refractivity (Wildman–Crippen MR) is 54.9 cm³/mol. The maximum Gasteiger partial charge on any atom is 0.166 e. The molecular weight excluding hydrogens is 162 g/mol. The number of nitrogens with zero attached hydrogens (tertiary/aromatic N) is 1. The molecule has 0 fully saturated rings. The van der Waals surface area contributed by atoms with E-state index in [4.69, 9.17) is 0 Å². The lowest BCUT2D eigenvalue weighted by Crippen LogP contribution is -2.27. The number of carbonyl (C=O) groups excluding carboxylic acids is 1. The van der Waals surface area contributed by atoms with Crippen LogP contribution in [0.1, 0.15) is 17.4 Å². The van der Waals surface area contributed by atoms with Crippen LogP contribution >= 0.6 is 0 Å². The highest BCUT2D eigenvalue weighted by Gasteiger charge is 1.98. The van der Waals surface area contributed by atoms with Gasteiger partial charge in [-0.3, -0.25) is 4.79 Å². The van der Waals surface area contributed by atoms with Gasteiger partial charge in [0.1, 0.15) is 0 Å². The number of hydrogen-bond acceptors (Lipinski definition) is 1. The van der Waals surface area contributed by atoms with Crippen molar-refractivity contribution >= 4 is 18.4 Å². The van der Waals surface area contributed by atoms with Gasteiger partial charge in [0.15, 0.2) is 6.29 Å². The lowest BCUT2D eigenvalue weighted by Gasteiger charge is -1.93. The molecule has 0 saturated carbocycles. The maximum absolute atomic E-state index is 10.6. The SMILES string of the molecule is C=C/C=c1\c(=C/C)cc(C=O)n1C. The van der Waals surface area contributed by atoms with Crippen LogP contribution in [0.2, 0.25) is 0 Å². The minimum atomic E-state index is 0.682. The van der Waals surface area contributed by atoms with E-state index in [0.717, 1.165) is 16.9 Å². The summed E-state index contributed by atoms with van der Waals surface area (Å²) < 4.78 is 1.85. The third-order valence-corrected chi connectivity index (χ3v) is 2.06. The van der Waals surface area contributed by atoms with Crippen LogP contribution in [0.4, 0.5) is 0 Å². The Morgan fingerprint density at radius 3 is 2.69 bits per heavy atom. The van der Waals surface area contributed by atoms with Gasteiger partial charge in [-0.05, 0) is 24.3 Å². The quantitative estimate of drug-likeness (QED) is 0.603. The zero-order valence-electron chi connectivity index (χ0n) is 7.95. The summed E-state index contributed by atoms with van der Waals surface area (Å²) in [5.74, 6) is 0. The lowest BCUT2D eigenvalue weighted by molar-refractivity contribution is 0.111. The highest BCUT2D eigenvalue weighted by molar-refractivity contribution is 5.72. The Hall–Kier alpha value is -1.57. The second-order valence-corrected chi connectivity index (χ2v) is 2.78. The number of rotatable bonds is 2. The number of aldehydes is 1. The van der Waals surface area contributed by atoms with Gasteiger partial charge in [-0.2, -0.15) is 0 Å². The summed E-state index contributed by atoms with van der Waals surface area (Å²) in [6.07, 6.45) is 6.44. The van der Waals surface area contributed by atoms with Gasteiger partial charge in [0, 0.05) is 12.4 Å². The molecule has 0 aliphatic heterocycles. The standard InChI is InChI=1S/C11H13NO/c1-4-6-11-9(5-2)7-10(8-13)12(11)3/h4-8H,1H2,2-3H3/b9-5-,11-6+. The van der Waals surface area contributed by atoms with Gasteiger partial charge in [-0.25, -0.2) is 0 Å². The van der Waals surface area contributed by atoms with Gasteiger partial charge in [0.25, 0.3) is 0 Å². The van der Waals surface area contributed by atoms with Crippen molar-refractivity contribution < 1.29 is 4.79 Å². The molecule has 2 nitrogen and oxygen atoms in total. The Balaban J connectivity index is 3.66. The first-order valence-electron chi connectivity index (χ1n) is 4.14. The summed E-state index contributed by atoms with van der Waals surface area (Å²) in [7, 11) is 1.87. The highest BCUT2D eigenvalue weighted by atomic mass is 16.1. The van der Waals surface area contributed by atoms with Crippen LogP contribution in [-0.4, -0.2) is 10.9 Å². The molecule has 0 amide bonds. The predicted octanol–water partition coefficient (Wildman–Crippen LogP) is 0.605. The molecule has 0 aromatic carbocycles. The highest BCUT2D eigenvalue weighted by Crippen LogP contribution is 1.85. The molecule has 0 aliphatic rings. The number of hydrogen-bond donors (Lipinski definition) is 0. The molecule has 0 N–H and O–H groups in total. The van der Waals surface area contributed by atoms with Crippen molar-refractivity contribution in [2.45, 2.75) is 6.92 Å². The molecule has 2 heteroatoms. The third kappa shape index (κ3) is 1.61. The first-order valence-corrected chi connectivity index (χ1v) is 4.14. The van der Waals surface area contributed by atoms with Crippen LogP contribution in [0.15, 0.2) is 18.7 Å². The summed E-state index contributed by atoms with van der Waals surface area (Å²) >= 11 is 0. The average molecular weight is 175 g/mol. The molecule has 1 rings (SSSR count). The van der Waals surface area contributed by atoms with Crippen molar-refractivity contribution in [2.24, 2.45) is 7.05 Å². The van der Waals surface area contributed by atoms with E-state index in [-0.39, 0.29) is 0 Å². The molecule has 1 aromatic heterocycles. The molecule has 0 saturated heterocycles. The van der Waals surface area contributed by atoms with Gasteiger partial charge >= 0.3 is 0 Å². The molecule has 0 spiro atoms. The Kier molecular flexibility index (Phi) is 2.85. The second kappa shape index (κ2) is 3.90. The Bertz CT molecular complexity index is 437. The summed E-state index contributed by atoms with van der Waals surface area (Å²) in [5, 5.41) is 2.07. The van der Waals surface area contributed by atoms with E-state index in [9.17, 15) is 4.79 Å². The fourth-order valence-electron chi connectivity index (χ4n) is 1.33. The van der Waals surface area contributed by atoms with Gasteiger partial charge < -0.3 is 4.57 Å². The van der Waals surface area contributed by atoms with E-state index in [1.807, 2.05) is 36.8 Å². The first kappa shape index (κ1) is 9.52. The van der Waals surface area contributed by atoms with E-state index in [1.165, 1.54) is 0 Å². The smallest absolute Gasteiger partial charge is 0.166 e. The van der Waals surface area contributed by atoms with Crippen molar-refractivity contribution in [3.8, 4) is 0 Å². The van der Waals surface area contributed by atoms with E-state index in [1.54, 1.807) is 6.08 Å². The number of carbonyl (C=O) groups is 1. The number of allylic oxidation sites excluding steroid dienone is 1. The van der Waals surface area contributed by atoms with Crippen molar-refractivity contribution in [1.29, 1.82) is 0 Å². The molecule has 0 aliphatic carbocycles. The van der Waals surface area contributed by atoms with E-state index in [0.29, 0.717) is 5.69 Å². The molecule has 1 heterocycles. The van der Waals surface area contributed by atoms with E-state index >= 15 is 0 Å². The molecule has 1 aromatic rings. The van der Waals surface area contributed by atoms with Gasteiger partial charge in [-0.1, -0.05) is 18.7 Å². The minimum Gasteiger partial charge on any atom is -0.341 e. The summed E-state index contributed by atoms with van der Waals surface area (Å²) in [6.45, 7) is 5.59. The molecule has 0 unspecified atom stereocenters. The lowest BCUT2D eigenvalue weighted by atomic mass is 10.3. The van der Waals surface area contributed by atoms with Crippen LogP contribution < -0.4 is 10.6 Å². The number of aromatic nitrogens is 1. The zero-order valence-corrected chi connectivity index (χ0v) is 7.95. The third-order valence-electron chi connectivity index (χ3n) is 2.06. The normalized spacial score (nSPS) is 13.4. The molecule has 0 radical (unpaired) electrons. The van der Waals surface area contributed by atoms with Crippen molar-refractivity contribution in [2.75, 3.05) is 0 Å². The Morgan fingerprint density at radius 1 is 1.54 bits per heavy atom. The fourth-order valence-corrected chi connectivity index (χ4v) is 1.33. The van der Waals surface area contributed by atoms with Crippen molar-refractivity contribution in [3.63, 3.8) is 0 Å². The van der Waals surface area contributed by atoms with Crippen LogP contribution in [0.5, 0.6) is 0 Å². The molecule has 13 heavy (non-hydrogen) atoms. The Labute approximate surface area is 77.5 Å². The van der Waals surface area contributed by atoms with E-state index in [2.05, 4.69) is 6.58 Å². The monoisotopic (exact) mass is 175 g/mol.